The van der Waals surface area contributed by atoms with Gasteiger partial charge >= 0.3 is 0 Å². The number of benzene rings is 2. The number of hydrogen-bond acceptors (Lipinski definition) is 2. The Kier molecular flexibility index (Phi) is 4.63. The predicted molar refractivity (Wildman–Crippen MR) is 82.2 cm³/mol. The average Bonchev–Trinajstić information content (AvgIpc) is 2.38. The zero-order valence-electron chi connectivity index (χ0n) is 12.0. The van der Waals surface area contributed by atoms with Gasteiger partial charge < -0.3 is 0 Å². The Hall–Kier alpha value is -1.88. The molecule has 0 aliphatic heterocycles. The van der Waals surface area contributed by atoms with Crippen molar-refractivity contribution in [2.45, 2.75) is 25.2 Å². The van der Waals surface area contributed by atoms with Crippen LogP contribution in [-0.2, 0) is 16.4 Å². The van der Waals surface area contributed by atoms with Crippen LogP contribution in [0.4, 0.5) is 10.1 Å². The highest BCUT2D eigenvalue weighted by Crippen LogP contribution is 2.18. The van der Waals surface area contributed by atoms with E-state index in [1.807, 2.05) is 0 Å². The fourth-order valence-electron chi connectivity index (χ4n) is 2.04. The zero-order chi connectivity index (χ0) is 15.5. The highest BCUT2D eigenvalue weighted by molar-refractivity contribution is 7.92. The lowest BCUT2D eigenvalue weighted by Crippen LogP contribution is -2.13. The van der Waals surface area contributed by atoms with Crippen LogP contribution >= 0.6 is 0 Å². The third kappa shape index (κ3) is 4.29. The van der Waals surface area contributed by atoms with Gasteiger partial charge in [0.15, 0.2) is 0 Å². The van der Waals surface area contributed by atoms with Crippen molar-refractivity contribution in [1.29, 1.82) is 0 Å². The summed E-state index contributed by atoms with van der Waals surface area (Å²) in [6.45, 7) is 4.21. The lowest BCUT2D eigenvalue weighted by Gasteiger charge is -2.09. The summed E-state index contributed by atoms with van der Waals surface area (Å²) in [5.74, 6) is 0.0281. The largest absolute Gasteiger partial charge is 0.280 e. The molecule has 21 heavy (non-hydrogen) atoms. The lowest BCUT2D eigenvalue weighted by atomic mass is 10.0. The summed E-state index contributed by atoms with van der Waals surface area (Å²) in [4.78, 5) is 0.166. The molecule has 0 unspecified atom stereocenters. The van der Waals surface area contributed by atoms with Crippen LogP contribution in [0, 0.1) is 11.7 Å². The number of hydrogen-bond donors (Lipinski definition) is 1. The molecule has 112 valence electrons. The molecule has 1 N–H and O–H groups in total. The molecule has 2 aromatic carbocycles. The Bertz CT molecular complexity index is 709. The van der Waals surface area contributed by atoms with Crippen LogP contribution in [-0.4, -0.2) is 8.42 Å². The molecule has 0 heterocycles. The molecule has 0 amide bonds. The molecule has 3 nitrogen and oxygen atoms in total. The second-order valence-corrected chi connectivity index (χ2v) is 7.04. The summed E-state index contributed by atoms with van der Waals surface area (Å²) >= 11 is 0. The quantitative estimate of drug-likeness (QED) is 0.912. The van der Waals surface area contributed by atoms with E-state index in [2.05, 4.69) is 18.6 Å². The monoisotopic (exact) mass is 307 g/mol. The van der Waals surface area contributed by atoms with Crippen LogP contribution in [0.3, 0.4) is 0 Å². The van der Waals surface area contributed by atoms with Gasteiger partial charge in [0.1, 0.15) is 5.82 Å². The van der Waals surface area contributed by atoms with Crippen LogP contribution in [0.1, 0.15) is 19.4 Å². The van der Waals surface area contributed by atoms with Gasteiger partial charge in [-0.25, -0.2) is 12.8 Å². The first-order valence-corrected chi connectivity index (χ1v) is 8.22. The third-order valence-corrected chi connectivity index (χ3v) is 4.35. The molecule has 0 atom stereocenters. The number of rotatable bonds is 5. The summed E-state index contributed by atoms with van der Waals surface area (Å²) in [6.07, 6.45) is 0.900. The highest BCUT2D eigenvalue weighted by atomic mass is 32.2. The Morgan fingerprint density at radius 3 is 2.33 bits per heavy atom. The maximum atomic E-state index is 13.1. The highest BCUT2D eigenvalue weighted by Gasteiger charge is 2.14. The first-order valence-electron chi connectivity index (χ1n) is 6.74. The first-order chi connectivity index (χ1) is 9.87. The zero-order valence-corrected chi connectivity index (χ0v) is 12.8. The van der Waals surface area contributed by atoms with Gasteiger partial charge in [0.25, 0.3) is 10.0 Å². The van der Waals surface area contributed by atoms with Gasteiger partial charge in [-0.1, -0.05) is 32.0 Å². The van der Waals surface area contributed by atoms with E-state index in [9.17, 15) is 12.8 Å². The van der Waals surface area contributed by atoms with E-state index in [-0.39, 0.29) is 10.6 Å². The number of sulfonamides is 1. The molecular formula is C16H18FNO2S. The van der Waals surface area contributed by atoms with E-state index in [4.69, 9.17) is 0 Å². The number of anilines is 1. The van der Waals surface area contributed by atoms with Gasteiger partial charge in [-0.2, -0.15) is 0 Å². The Labute approximate surface area is 124 Å². The summed E-state index contributed by atoms with van der Waals surface area (Å²) in [5.41, 5.74) is 1.30. The van der Waals surface area contributed by atoms with E-state index < -0.39 is 15.8 Å². The molecule has 0 saturated carbocycles. The molecule has 0 aromatic heterocycles. The van der Waals surface area contributed by atoms with Crippen molar-refractivity contribution in [3.63, 3.8) is 0 Å². The maximum Gasteiger partial charge on any atom is 0.261 e. The van der Waals surface area contributed by atoms with Gasteiger partial charge in [0.2, 0.25) is 0 Å². The third-order valence-electron chi connectivity index (χ3n) is 2.95. The van der Waals surface area contributed by atoms with Crippen molar-refractivity contribution in [3.05, 3.63) is 59.9 Å². The summed E-state index contributed by atoms with van der Waals surface area (Å²) in [6, 6.07) is 12.1. The smallest absolute Gasteiger partial charge is 0.261 e. The van der Waals surface area contributed by atoms with Crippen molar-refractivity contribution in [1.82, 2.24) is 0 Å². The van der Waals surface area contributed by atoms with Crippen LogP contribution < -0.4 is 4.72 Å². The van der Waals surface area contributed by atoms with Gasteiger partial charge in [-0.3, -0.25) is 4.72 Å². The maximum absolute atomic E-state index is 13.1. The molecule has 0 radical (unpaired) electrons. The summed E-state index contributed by atoms with van der Waals surface area (Å²) in [7, 11) is -3.69. The molecule has 0 aliphatic carbocycles. The second kappa shape index (κ2) is 6.26. The summed E-state index contributed by atoms with van der Waals surface area (Å²) in [5, 5.41) is 0. The standard InChI is InChI=1S/C16H18FNO2S/c1-12(2)10-13-6-8-16(9-7-13)21(19,20)18-15-5-3-4-14(17)11-15/h3-9,11-12,18H,10H2,1-2H3. The van der Waals surface area contributed by atoms with Crippen molar-refractivity contribution in [2.75, 3.05) is 4.72 Å². The van der Waals surface area contributed by atoms with Gasteiger partial charge in [0, 0.05) is 0 Å². The SMILES string of the molecule is CC(C)Cc1ccc(S(=O)(=O)Nc2cccc(F)c2)cc1. The normalized spacial score (nSPS) is 11.6. The second-order valence-electron chi connectivity index (χ2n) is 5.36. The van der Waals surface area contributed by atoms with E-state index in [0.717, 1.165) is 18.1 Å². The van der Waals surface area contributed by atoms with Crippen LogP contribution in [0.25, 0.3) is 0 Å². The minimum Gasteiger partial charge on any atom is -0.280 e. The first kappa shape index (κ1) is 15.5. The topological polar surface area (TPSA) is 46.2 Å². The van der Waals surface area contributed by atoms with Crippen molar-refractivity contribution < 1.29 is 12.8 Å². The number of nitrogens with one attached hydrogen (secondary N) is 1. The summed E-state index contributed by atoms with van der Waals surface area (Å²) < 4.78 is 39.9. The fraction of sp³-hybridized carbons (Fsp3) is 0.250. The Balaban J connectivity index is 2.19. The molecule has 0 fully saturated rings. The minimum absolute atomic E-state index is 0.166. The van der Waals surface area contributed by atoms with Crippen molar-refractivity contribution in [3.8, 4) is 0 Å². The van der Waals surface area contributed by atoms with Gasteiger partial charge in [0.05, 0.1) is 10.6 Å². The van der Waals surface area contributed by atoms with Gasteiger partial charge in [-0.15, -0.1) is 0 Å². The lowest BCUT2D eigenvalue weighted by molar-refractivity contribution is 0.601. The molecule has 2 rings (SSSR count). The molecule has 0 bridgehead atoms. The van der Waals surface area contributed by atoms with Crippen LogP contribution in [0.2, 0.25) is 0 Å². The van der Waals surface area contributed by atoms with Crippen LogP contribution in [0.15, 0.2) is 53.4 Å². The van der Waals surface area contributed by atoms with E-state index in [1.54, 1.807) is 24.3 Å². The molecular weight excluding hydrogens is 289 g/mol. The molecule has 0 saturated heterocycles. The van der Waals surface area contributed by atoms with E-state index >= 15 is 0 Å². The predicted octanol–water partition coefficient (Wildman–Crippen LogP) is 3.83. The Morgan fingerprint density at radius 2 is 1.76 bits per heavy atom. The van der Waals surface area contributed by atoms with Crippen LogP contribution in [0.5, 0.6) is 0 Å². The fourth-order valence-corrected chi connectivity index (χ4v) is 3.09. The van der Waals surface area contributed by atoms with Crippen molar-refractivity contribution >= 4 is 15.7 Å². The Morgan fingerprint density at radius 1 is 1.10 bits per heavy atom. The minimum atomic E-state index is -3.69. The van der Waals surface area contributed by atoms with Crippen molar-refractivity contribution in [2.24, 2.45) is 5.92 Å². The van der Waals surface area contributed by atoms with E-state index in [1.165, 1.54) is 18.2 Å². The van der Waals surface area contributed by atoms with Gasteiger partial charge in [-0.05, 0) is 48.2 Å². The average molecular weight is 307 g/mol. The number of halogens is 1. The van der Waals surface area contributed by atoms with E-state index in [0.29, 0.717) is 5.92 Å². The molecule has 0 aliphatic rings. The molecule has 0 spiro atoms. The molecule has 5 heteroatoms. The molecule has 2 aromatic rings.